The third-order valence-corrected chi connectivity index (χ3v) is 9.24. The summed E-state index contributed by atoms with van der Waals surface area (Å²) in [6, 6.07) is 12.5. The standard InChI is InChI=1S/C26H31N3O5S2/c1-18-8-6-12-22(18)26(31)28-23(14-20-9-4-3-5-10-20)24(30)17-29(16-21-11-7-13-35-21)36(32,33)25-15-27-34-19(25)2/h3-5,7,9-11,13,15,23-24,30H,6,8,12,14,16-17H2,1-2H3,(H,28,31). The molecule has 0 saturated heterocycles. The molecule has 10 heteroatoms. The lowest BCUT2D eigenvalue weighted by Crippen LogP contribution is -2.50. The predicted molar refractivity (Wildman–Crippen MR) is 138 cm³/mol. The molecule has 2 unspecified atom stereocenters. The third kappa shape index (κ3) is 6.12. The summed E-state index contributed by atoms with van der Waals surface area (Å²) in [7, 11) is -4.02. The zero-order chi connectivity index (χ0) is 25.7. The molecule has 2 aromatic heterocycles. The van der Waals surface area contributed by atoms with Gasteiger partial charge in [-0.05, 0) is 56.5 Å². The number of hydrogen-bond acceptors (Lipinski definition) is 7. The molecule has 0 aliphatic heterocycles. The number of benzene rings is 1. The molecular weight excluding hydrogens is 498 g/mol. The highest BCUT2D eigenvalue weighted by Crippen LogP contribution is 2.27. The van der Waals surface area contributed by atoms with Gasteiger partial charge < -0.3 is 14.9 Å². The lowest BCUT2D eigenvalue weighted by atomic mass is 10.00. The van der Waals surface area contributed by atoms with Crippen LogP contribution >= 0.6 is 11.3 Å². The van der Waals surface area contributed by atoms with E-state index in [1.165, 1.54) is 28.8 Å². The van der Waals surface area contributed by atoms with Crippen LogP contribution in [0.15, 0.2) is 74.6 Å². The fourth-order valence-corrected chi connectivity index (χ4v) is 6.76. The fourth-order valence-electron chi connectivity index (χ4n) is 4.45. The largest absolute Gasteiger partial charge is 0.390 e. The molecule has 8 nitrogen and oxygen atoms in total. The highest BCUT2D eigenvalue weighted by Gasteiger charge is 2.34. The van der Waals surface area contributed by atoms with Crippen molar-refractivity contribution in [2.24, 2.45) is 0 Å². The number of nitrogens with zero attached hydrogens (tertiary/aromatic N) is 2. The van der Waals surface area contributed by atoms with Gasteiger partial charge in [0.15, 0.2) is 5.76 Å². The van der Waals surface area contributed by atoms with E-state index in [9.17, 15) is 18.3 Å². The van der Waals surface area contributed by atoms with Crippen molar-refractivity contribution in [3.8, 4) is 0 Å². The predicted octanol–water partition coefficient (Wildman–Crippen LogP) is 3.82. The van der Waals surface area contributed by atoms with Gasteiger partial charge in [-0.25, -0.2) is 8.42 Å². The molecular formula is C26H31N3O5S2. The number of aryl methyl sites for hydroxylation is 1. The molecule has 1 aliphatic carbocycles. The van der Waals surface area contributed by atoms with Gasteiger partial charge in [-0.15, -0.1) is 11.3 Å². The van der Waals surface area contributed by atoms with E-state index in [2.05, 4.69) is 10.5 Å². The number of allylic oxidation sites excluding steroid dienone is 1. The first-order valence-corrected chi connectivity index (χ1v) is 14.2. The summed E-state index contributed by atoms with van der Waals surface area (Å²) < 4.78 is 33.4. The SMILES string of the molecule is CC1=C(C(=O)NC(Cc2ccccc2)C(O)CN(Cc2cccs2)S(=O)(=O)c2cnoc2C)CCC1. The fraction of sp³-hybridized carbons (Fsp3) is 0.385. The number of nitrogens with one attached hydrogen (secondary N) is 1. The van der Waals surface area contributed by atoms with Gasteiger partial charge in [-0.1, -0.05) is 47.1 Å². The molecule has 192 valence electrons. The van der Waals surface area contributed by atoms with Crippen LogP contribution in [0.1, 0.15) is 42.4 Å². The molecule has 2 atom stereocenters. The number of carbonyl (C=O) groups excluding carboxylic acids is 1. The van der Waals surface area contributed by atoms with Crippen LogP contribution in [0, 0.1) is 6.92 Å². The first kappa shape index (κ1) is 26.3. The average Bonchev–Trinajstić information content (AvgIpc) is 3.61. The van der Waals surface area contributed by atoms with Gasteiger partial charge in [0.1, 0.15) is 4.90 Å². The van der Waals surface area contributed by atoms with Gasteiger partial charge in [0.25, 0.3) is 0 Å². The molecule has 2 N–H and O–H groups in total. The van der Waals surface area contributed by atoms with Crippen LogP contribution in [0.4, 0.5) is 0 Å². The molecule has 3 aromatic rings. The normalized spacial score (nSPS) is 15.9. The Kier molecular flexibility index (Phi) is 8.40. The van der Waals surface area contributed by atoms with Crippen LogP contribution in [0.2, 0.25) is 0 Å². The van der Waals surface area contributed by atoms with E-state index < -0.39 is 22.2 Å². The molecule has 0 fully saturated rings. The lowest BCUT2D eigenvalue weighted by Gasteiger charge is -2.29. The summed E-state index contributed by atoms with van der Waals surface area (Å²) in [6.45, 7) is 3.37. The number of thiophene rings is 1. The number of sulfonamides is 1. The van der Waals surface area contributed by atoms with Crippen LogP contribution in [0.25, 0.3) is 0 Å². The molecule has 0 saturated carbocycles. The molecule has 0 bridgehead atoms. The molecule has 1 aliphatic rings. The Labute approximate surface area is 215 Å². The van der Waals surface area contributed by atoms with Crippen molar-refractivity contribution < 1.29 is 22.8 Å². The highest BCUT2D eigenvalue weighted by molar-refractivity contribution is 7.89. The molecule has 4 rings (SSSR count). The number of rotatable bonds is 11. The van der Waals surface area contributed by atoms with E-state index >= 15 is 0 Å². The molecule has 2 heterocycles. The summed E-state index contributed by atoms with van der Waals surface area (Å²) in [5.41, 5.74) is 2.75. The summed E-state index contributed by atoms with van der Waals surface area (Å²) in [5, 5.41) is 19.9. The van der Waals surface area contributed by atoms with Gasteiger partial charge in [0.2, 0.25) is 15.9 Å². The van der Waals surface area contributed by atoms with Crippen LogP contribution in [-0.2, 0) is 27.8 Å². The van der Waals surface area contributed by atoms with Crippen LogP contribution in [0.3, 0.4) is 0 Å². The van der Waals surface area contributed by atoms with Crippen molar-refractivity contribution in [1.29, 1.82) is 0 Å². The van der Waals surface area contributed by atoms with Crippen molar-refractivity contribution in [3.63, 3.8) is 0 Å². The van der Waals surface area contributed by atoms with Crippen LogP contribution in [0.5, 0.6) is 0 Å². The Morgan fingerprint density at radius 1 is 1.19 bits per heavy atom. The molecule has 0 radical (unpaired) electrons. The van der Waals surface area contributed by atoms with Gasteiger partial charge in [0, 0.05) is 23.5 Å². The molecule has 1 aromatic carbocycles. The van der Waals surface area contributed by atoms with E-state index in [-0.39, 0.29) is 29.7 Å². The van der Waals surface area contributed by atoms with Crippen LogP contribution in [-0.4, -0.2) is 47.6 Å². The minimum atomic E-state index is -4.02. The topological polar surface area (TPSA) is 113 Å². The number of hydrogen-bond donors (Lipinski definition) is 2. The summed E-state index contributed by atoms with van der Waals surface area (Å²) in [5.74, 6) is -0.0222. The van der Waals surface area contributed by atoms with Crippen molar-refractivity contribution in [3.05, 3.63) is 81.4 Å². The van der Waals surface area contributed by atoms with Crippen molar-refractivity contribution in [1.82, 2.24) is 14.8 Å². The number of carbonyl (C=O) groups is 1. The minimum absolute atomic E-state index is 0.0402. The van der Waals surface area contributed by atoms with Gasteiger partial charge in [-0.3, -0.25) is 4.79 Å². The van der Waals surface area contributed by atoms with Gasteiger partial charge >= 0.3 is 0 Å². The smallest absolute Gasteiger partial charge is 0.248 e. The van der Waals surface area contributed by atoms with Gasteiger partial charge in [-0.2, -0.15) is 4.31 Å². The number of aliphatic hydroxyl groups excluding tert-OH is 1. The number of aromatic nitrogens is 1. The highest BCUT2D eigenvalue weighted by atomic mass is 32.2. The molecule has 0 spiro atoms. The summed E-state index contributed by atoms with van der Waals surface area (Å²) >= 11 is 1.43. The zero-order valence-corrected chi connectivity index (χ0v) is 22.0. The van der Waals surface area contributed by atoms with Crippen molar-refractivity contribution >= 4 is 27.3 Å². The number of amides is 1. The maximum absolute atomic E-state index is 13.6. The van der Waals surface area contributed by atoms with Crippen molar-refractivity contribution in [2.45, 2.75) is 63.1 Å². The second-order valence-electron chi connectivity index (χ2n) is 9.07. The van der Waals surface area contributed by atoms with E-state index in [4.69, 9.17) is 4.52 Å². The lowest BCUT2D eigenvalue weighted by molar-refractivity contribution is -0.119. The maximum atomic E-state index is 13.6. The molecule has 1 amide bonds. The van der Waals surface area contributed by atoms with E-state index in [1.54, 1.807) is 0 Å². The second kappa shape index (κ2) is 11.5. The molecule has 36 heavy (non-hydrogen) atoms. The Morgan fingerprint density at radius 3 is 2.58 bits per heavy atom. The maximum Gasteiger partial charge on any atom is 0.248 e. The van der Waals surface area contributed by atoms with Crippen molar-refractivity contribution in [2.75, 3.05) is 6.54 Å². The van der Waals surface area contributed by atoms with Crippen LogP contribution < -0.4 is 5.32 Å². The Morgan fingerprint density at radius 2 is 1.97 bits per heavy atom. The average molecular weight is 530 g/mol. The quantitative estimate of drug-likeness (QED) is 0.390. The first-order chi connectivity index (χ1) is 17.3. The Balaban J connectivity index is 1.61. The van der Waals surface area contributed by atoms with E-state index in [1.807, 2.05) is 54.8 Å². The minimum Gasteiger partial charge on any atom is -0.390 e. The second-order valence-corrected chi connectivity index (χ2v) is 12.0. The van der Waals surface area contributed by atoms with E-state index in [0.29, 0.717) is 12.8 Å². The third-order valence-electron chi connectivity index (χ3n) is 6.47. The number of aliphatic hydroxyl groups is 1. The summed E-state index contributed by atoms with van der Waals surface area (Å²) in [4.78, 5) is 13.9. The Hall–Kier alpha value is -2.79. The zero-order valence-electron chi connectivity index (χ0n) is 20.4. The van der Waals surface area contributed by atoms with E-state index in [0.717, 1.165) is 34.4 Å². The summed E-state index contributed by atoms with van der Waals surface area (Å²) in [6.07, 6.45) is 2.91. The Bertz CT molecular complexity index is 1300. The van der Waals surface area contributed by atoms with Gasteiger partial charge in [0.05, 0.1) is 18.3 Å². The first-order valence-electron chi connectivity index (χ1n) is 11.9. The monoisotopic (exact) mass is 529 g/mol.